The summed E-state index contributed by atoms with van der Waals surface area (Å²) >= 11 is 1.29. The number of aromatic amines is 1. The lowest BCUT2D eigenvalue weighted by Crippen LogP contribution is -2.25. The third-order valence-corrected chi connectivity index (χ3v) is 3.49. The molecule has 3 aromatic rings. The first-order valence-electron chi connectivity index (χ1n) is 5.99. The van der Waals surface area contributed by atoms with Crippen molar-refractivity contribution in [3.05, 3.63) is 28.7 Å². The van der Waals surface area contributed by atoms with E-state index in [0.29, 0.717) is 11.0 Å². The van der Waals surface area contributed by atoms with Gasteiger partial charge in [0.15, 0.2) is 11.5 Å². The summed E-state index contributed by atoms with van der Waals surface area (Å²) in [5.74, 6) is -0.463. The van der Waals surface area contributed by atoms with Gasteiger partial charge in [0.2, 0.25) is 5.95 Å². The minimum absolute atomic E-state index is 0.0986. The molecule has 2 N–H and O–H groups in total. The smallest absolute Gasteiger partial charge is 0.395 e. The second-order valence-electron chi connectivity index (χ2n) is 4.40. The van der Waals surface area contributed by atoms with Crippen LogP contribution in [0.4, 0.5) is 14.7 Å². The normalized spacial score (nSPS) is 15.2. The number of ether oxygens (including phenoxy) is 2. The molecule has 10 heteroatoms. The van der Waals surface area contributed by atoms with Crippen LogP contribution in [0, 0.1) is 0 Å². The first-order chi connectivity index (χ1) is 10.5. The van der Waals surface area contributed by atoms with Crippen LogP contribution in [0.15, 0.2) is 23.0 Å². The van der Waals surface area contributed by atoms with Gasteiger partial charge in [-0.3, -0.25) is 10.1 Å². The standard InChI is InChI=1S/C12H6F2N4O3S/c13-12(14)20-8-1-5-6(2-9(8)21-12)17-11(16-5)18-10(19)7-3-22-4-15-7/h1-4H,(H2,16,17,18,19). The molecule has 0 bridgehead atoms. The minimum Gasteiger partial charge on any atom is -0.395 e. The molecular weight excluding hydrogens is 318 g/mol. The molecule has 22 heavy (non-hydrogen) atoms. The van der Waals surface area contributed by atoms with Gasteiger partial charge in [-0.15, -0.1) is 20.1 Å². The molecule has 0 saturated heterocycles. The first-order valence-corrected chi connectivity index (χ1v) is 6.94. The van der Waals surface area contributed by atoms with E-state index in [4.69, 9.17) is 0 Å². The van der Waals surface area contributed by atoms with Crippen molar-refractivity contribution in [2.45, 2.75) is 6.29 Å². The van der Waals surface area contributed by atoms with Crippen LogP contribution in [0.2, 0.25) is 0 Å². The third-order valence-electron chi connectivity index (χ3n) is 2.90. The van der Waals surface area contributed by atoms with Crippen molar-refractivity contribution >= 4 is 34.2 Å². The number of hydrogen-bond donors (Lipinski definition) is 2. The number of nitrogens with zero attached hydrogens (tertiary/aromatic N) is 2. The predicted molar refractivity (Wildman–Crippen MR) is 72.4 cm³/mol. The highest BCUT2D eigenvalue weighted by Gasteiger charge is 2.43. The van der Waals surface area contributed by atoms with Gasteiger partial charge in [0, 0.05) is 17.5 Å². The number of rotatable bonds is 2. The zero-order valence-corrected chi connectivity index (χ0v) is 11.4. The summed E-state index contributed by atoms with van der Waals surface area (Å²) in [6.45, 7) is 0. The number of thiazole rings is 1. The monoisotopic (exact) mass is 324 g/mol. The summed E-state index contributed by atoms with van der Waals surface area (Å²) in [7, 11) is 0. The summed E-state index contributed by atoms with van der Waals surface area (Å²) < 4.78 is 34.6. The van der Waals surface area contributed by atoms with Crippen LogP contribution in [0.25, 0.3) is 11.0 Å². The molecule has 0 radical (unpaired) electrons. The molecule has 4 rings (SSSR count). The molecule has 1 aromatic carbocycles. The molecular formula is C12H6F2N4O3S. The van der Waals surface area contributed by atoms with Crippen LogP contribution in [-0.2, 0) is 0 Å². The van der Waals surface area contributed by atoms with Crippen LogP contribution in [0.1, 0.15) is 10.5 Å². The van der Waals surface area contributed by atoms with Gasteiger partial charge in [0.25, 0.3) is 5.91 Å². The number of halogens is 2. The van der Waals surface area contributed by atoms with Gasteiger partial charge in [0.1, 0.15) is 5.69 Å². The first kappa shape index (κ1) is 13.0. The second-order valence-corrected chi connectivity index (χ2v) is 5.12. The lowest BCUT2D eigenvalue weighted by atomic mass is 10.3. The fraction of sp³-hybridized carbons (Fsp3) is 0.0833. The Morgan fingerprint density at radius 3 is 2.82 bits per heavy atom. The summed E-state index contributed by atoms with van der Waals surface area (Å²) in [6, 6.07) is 2.64. The van der Waals surface area contributed by atoms with Crippen LogP contribution < -0.4 is 14.8 Å². The number of nitrogens with one attached hydrogen (secondary N) is 2. The van der Waals surface area contributed by atoms with Crippen LogP contribution in [-0.4, -0.2) is 27.2 Å². The lowest BCUT2D eigenvalue weighted by molar-refractivity contribution is -0.286. The van der Waals surface area contributed by atoms with E-state index < -0.39 is 12.2 Å². The Hall–Kier alpha value is -2.75. The summed E-state index contributed by atoms with van der Waals surface area (Å²) in [5, 5.41) is 4.13. The van der Waals surface area contributed by atoms with E-state index in [2.05, 4.69) is 29.7 Å². The number of aromatic nitrogens is 3. The predicted octanol–water partition coefficient (Wildman–Crippen LogP) is 2.59. The maximum atomic E-state index is 13.0. The van der Waals surface area contributed by atoms with E-state index in [-0.39, 0.29) is 23.1 Å². The Balaban J connectivity index is 1.64. The fourth-order valence-electron chi connectivity index (χ4n) is 2.01. The number of amides is 1. The Bertz CT molecular complexity index is 833. The SMILES string of the molecule is O=C(Nc1nc2cc3c(cc2[nH]1)OC(F)(F)O3)c1cscn1. The molecule has 2 aromatic heterocycles. The molecule has 0 unspecified atom stereocenters. The lowest BCUT2D eigenvalue weighted by Gasteiger charge is -2.04. The maximum absolute atomic E-state index is 13.0. The van der Waals surface area contributed by atoms with Crippen molar-refractivity contribution in [2.24, 2.45) is 0 Å². The number of carbonyl (C=O) groups is 1. The number of alkyl halides is 2. The molecule has 0 spiro atoms. The third kappa shape index (κ3) is 2.13. The summed E-state index contributed by atoms with van der Waals surface area (Å²) in [4.78, 5) is 22.6. The van der Waals surface area contributed by atoms with Gasteiger partial charge in [-0.05, 0) is 0 Å². The van der Waals surface area contributed by atoms with Gasteiger partial charge in [-0.2, -0.15) is 0 Å². The molecule has 1 amide bonds. The molecule has 0 atom stereocenters. The maximum Gasteiger partial charge on any atom is 0.586 e. The van der Waals surface area contributed by atoms with Gasteiger partial charge >= 0.3 is 6.29 Å². The van der Waals surface area contributed by atoms with Crippen LogP contribution in [0.5, 0.6) is 11.5 Å². The number of fused-ring (bicyclic) bond motifs is 2. The molecule has 7 nitrogen and oxygen atoms in total. The number of carbonyl (C=O) groups excluding carboxylic acids is 1. The van der Waals surface area contributed by atoms with Crippen molar-refractivity contribution in [3.63, 3.8) is 0 Å². The summed E-state index contributed by atoms with van der Waals surface area (Å²) in [5.41, 5.74) is 2.58. The zero-order valence-electron chi connectivity index (χ0n) is 10.6. The number of imidazole rings is 1. The number of benzene rings is 1. The van der Waals surface area contributed by atoms with Crippen LogP contribution >= 0.6 is 11.3 Å². The molecule has 1 aliphatic heterocycles. The average Bonchev–Trinajstić information content (AvgIpc) is 3.11. The number of H-pyrrole nitrogens is 1. The van der Waals surface area contributed by atoms with Gasteiger partial charge in [0.05, 0.1) is 16.5 Å². The zero-order chi connectivity index (χ0) is 15.3. The number of anilines is 1. The van der Waals surface area contributed by atoms with E-state index in [0.717, 1.165) is 0 Å². The minimum atomic E-state index is -3.68. The van der Waals surface area contributed by atoms with Crippen molar-refractivity contribution in [1.29, 1.82) is 0 Å². The fourth-order valence-corrected chi connectivity index (χ4v) is 2.54. The van der Waals surface area contributed by atoms with Crippen molar-refractivity contribution < 1.29 is 23.0 Å². The molecule has 3 heterocycles. The van der Waals surface area contributed by atoms with Gasteiger partial charge in [-0.1, -0.05) is 0 Å². The van der Waals surface area contributed by atoms with E-state index in [9.17, 15) is 13.6 Å². The summed E-state index contributed by atoms with van der Waals surface area (Å²) in [6.07, 6.45) is -3.68. The highest BCUT2D eigenvalue weighted by Crippen LogP contribution is 2.42. The average molecular weight is 324 g/mol. The molecule has 0 aliphatic carbocycles. The van der Waals surface area contributed by atoms with E-state index in [1.807, 2.05) is 0 Å². The van der Waals surface area contributed by atoms with E-state index in [1.54, 1.807) is 5.38 Å². The largest absolute Gasteiger partial charge is 0.586 e. The Morgan fingerprint density at radius 2 is 2.09 bits per heavy atom. The molecule has 1 aliphatic rings. The van der Waals surface area contributed by atoms with Crippen molar-refractivity contribution in [1.82, 2.24) is 15.0 Å². The molecule has 0 fully saturated rings. The quantitative estimate of drug-likeness (QED) is 0.756. The topological polar surface area (TPSA) is 89.1 Å². The molecule has 0 saturated carbocycles. The van der Waals surface area contributed by atoms with Crippen molar-refractivity contribution in [3.8, 4) is 11.5 Å². The van der Waals surface area contributed by atoms with Crippen LogP contribution in [0.3, 0.4) is 0 Å². The molecule has 112 valence electrons. The van der Waals surface area contributed by atoms with Gasteiger partial charge < -0.3 is 14.5 Å². The van der Waals surface area contributed by atoms with E-state index in [1.165, 1.54) is 29.0 Å². The Morgan fingerprint density at radius 1 is 1.32 bits per heavy atom. The Labute approximate surface area is 124 Å². The number of hydrogen-bond acceptors (Lipinski definition) is 6. The second kappa shape index (κ2) is 4.37. The van der Waals surface area contributed by atoms with E-state index >= 15 is 0 Å². The van der Waals surface area contributed by atoms with Crippen molar-refractivity contribution in [2.75, 3.05) is 5.32 Å². The highest BCUT2D eigenvalue weighted by atomic mass is 32.1. The Kier molecular flexibility index (Phi) is 2.57. The van der Waals surface area contributed by atoms with Gasteiger partial charge in [-0.25, -0.2) is 9.97 Å². The highest BCUT2D eigenvalue weighted by molar-refractivity contribution is 7.07.